The number of para-hydroxylation sites is 1. The van der Waals surface area contributed by atoms with E-state index in [0.29, 0.717) is 16.9 Å². The summed E-state index contributed by atoms with van der Waals surface area (Å²) in [4.78, 5) is 8.72. The minimum absolute atomic E-state index is 0.475. The van der Waals surface area contributed by atoms with Crippen molar-refractivity contribution in [2.75, 3.05) is 0 Å². The lowest BCUT2D eigenvalue weighted by molar-refractivity contribution is 0.669. The van der Waals surface area contributed by atoms with E-state index in [1.807, 2.05) is 36.5 Å². The van der Waals surface area contributed by atoms with Gasteiger partial charge >= 0.3 is 0 Å². The predicted octanol–water partition coefficient (Wildman–Crippen LogP) is 5.17. The van der Waals surface area contributed by atoms with Crippen LogP contribution >= 0.6 is 23.4 Å². The number of aromatic nitrogens is 5. The second-order valence-corrected chi connectivity index (χ2v) is 7.87. The lowest BCUT2D eigenvalue weighted by Gasteiger charge is -2.09. The zero-order valence-electron chi connectivity index (χ0n) is 14.4. The van der Waals surface area contributed by atoms with E-state index in [1.165, 1.54) is 0 Å². The van der Waals surface area contributed by atoms with Crippen LogP contribution in [0.5, 0.6) is 0 Å². The number of hydrogen-bond acceptors (Lipinski definition) is 5. The number of fused-ring (bicyclic) bond motifs is 1. The second kappa shape index (κ2) is 6.94. The van der Waals surface area contributed by atoms with E-state index < -0.39 is 0 Å². The van der Waals surface area contributed by atoms with Crippen molar-refractivity contribution in [3.63, 3.8) is 0 Å². The van der Waals surface area contributed by atoms with Crippen LogP contribution in [0.15, 0.2) is 60.0 Å². The van der Waals surface area contributed by atoms with Gasteiger partial charge in [0.1, 0.15) is 5.15 Å². The zero-order valence-corrected chi connectivity index (χ0v) is 16.0. The molecule has 3 heterocycles. The highest BCUT2D eigenvalue weighted by Crippen LogP contribution is 2.41. The fraction of sp³-hybridized carbons (Fsp3) is 0.200. The number of rotatable bonds is 5. The van der Waals surface area contributed by atoms with Gasteiger partial charge in [-0.3, -0.25) is 9.55 Å². The smallest absolute Gasteiger partial charge is 0.192 e. The van der Waals surface area contributed by atoms with Gasteiger partial charge in [-0.05, 0) is 37.1 Å². The highest BCUT2D eigenvalue weighted by atomic mass is 35.5. The van der Waals surface area contributed by atoms with Gasteiger partial charge in [-0.2, -0.15) is 0 Å². The average molecular weight is 394 g/mol. The highest BCUT2D eigenvalue weighted by molar-refractivity contribution is 7.98. The summed E-state index contributed by atoms with van der Waals surface area (Å²) >= 11 is 8.06. The number of benzene rings is 1. The Morgan fingerprint density at radius 3 is 2.81 bits per heavy atom. The van der Waals surface area contributed by atoms with E-state index in [0.717, 1.165) is 45.9 Å². The lowest BCUT2D eigenvalue weighted by Crippen LogP contribution is -2.00. The molecule has 5 rings (SSSR count). The van der Waals surface area contributed by atoms with E-state index >= 15 is 0 Å². The molecule has 1 aromatic carbocycles. The summed E-state index contributed by atoms with van der Waals surface area (Å²) in [5.74, 6) is 1.59. The van der Waals surface area contributed by atoms with Gasteiger partial charge in [0.05, 0.1) is 5.52 Å². The molecule has 0 aliphatic heterocycles. The van der Waals surface area contributed by atoms with Gasteiger partial charge in [0.2, 0.25) is 0 Å². The summed E-state index contributed by atoms with van der Waals surface area (Å²) in [6, 6.07) is 14.5. The molecular formula is C20H16ClN5S. The fourth-order valence-electron chi connectivity index (χ4n) is 3.11. The van der Waals surface area contributed by atoms with Gasteiger partial charge in [-0.25, -0.2) is 4.98 Å². The minimum atomic E-state index is 0.475. The predicted molar refractivity (Wildman–Crippen MR) is 108 cm³/mol. The van der Waals surface area contributed by atoms with Crippen LogP contribution in [0.4, 0.5) is 0 Å². The first-order valence-corrected chi connectivity index (χ1v) is 10.2. The molecule has 3 aromatic heterocycles. The molecule has 1 aliphatic carbocycles. The normalized spacial score (nSPS) is 14.0. The molecule has 1 fully saturated rings. The molecule has 7 heteroatoms. The Bertz CT molecular complexity index is 1110. The molecule has 1 saturated carbocycles. The fourth-order valence-corrected chi connectivity index (χ4v) is 4.38. The molecule has 0 amide bonds. The van der Waals surface area contributed by atoms with E-state index in [9.17, 15) is 0 Å². The molecule has 1 aliphatic rings. The van der Waals surface area contributed by atoms with Crippen LogP contribution < -0.4 is 0 Å². The maximum atomic E-state index is 6.41. The second-order valence-electron chi connectivity index (χ2n) is 6.57. The third kappa shape index (κ3) is 3.31. The summed E-state index contributed by atoms with van der Waals surface area (Å²) in [5, 5.41) is 11.4. The Kier molecular flexibility index (Phi) is 4.30. The first-order valence-electron chi connectivity index (χ1n) is 8.82. The Hall–Kier alpha value is -2.44. The summed E-state index contributed by atoms with van der Waals surface area (Å²) in [6.07, 6.45) is 5.93. The molecule has 0 bridgehead atoms. The van der Waals surface area contributed by atoms with Crippen molar-refractivity contribution in [2.45, 2.75) is 29.8 Å². The monoisotopic (exact) mass is 393 g/mol. The minimum Gasteiger partial charge on any atom is -0.299 e. The Balaban J connectivity index is 1.45. The van der Waals surface area contributed by atoms with Crippen molar-refractivity contribution in [1.29, 1.82) is 0 Å². The number of halogens is 1. The highest BCUT2D eigenvalue weighted by Gasteiger charge is 2.30. The van der Waals surface area contributed by atoms with E-state index in [2.05, 4.69) is 36.9 Å². The molecule has 134 valence electrons. The van der Waals surface area contributed by atoms with E-state index in [4.69, 9.17) is 11.6 Å². The summed E-state index contributed by atoms with van der Waals surface area (Å²) in [7, 11) is 0. The van der Waals surface area contributed by atoms with Crippen LogP contribution in [0.1, 0.15) is 24.4 Å². The third-order valence-electron chi connectivity index (χ3n) is 4.60. The molecule has 27 heavy (non-hydrogen) atoms. The third-order valence-corrected chi connectivity index (χ3v) is 5.92. The number of hydrogen-bond donors (Lipinski definition) is 0. The van der Waals surface area contributed by atoms with Crippen LogP contribution in [0.3, 0.4) is 0 Å². The number of thioether (sulfide) groups is 1. The van der Waals surface area contributed by atoms with E-state index in [1.54, 1.807) is 18.0 Å². The van der Waals surface area contributed by atoms with Crippen LogP contribution in [0.25, 0.3) is 22.3 Å². The summed E-state index contributed by atoms with van der Waals surface area (Å²) in [6.45, 7) is 0. The van der Waals surface area contributed by atoms with Crippen molar-refractivity contribution in [2.24, 2.45) is 0 Å². The topological polar surface area (TPSA) is 56.5 Å². The van der Waals surface area contributed by atoms with Crippen molar-refractivity contribution < 1.29 is 0 Å². The Morgan fingerprint density at radius 2 is 2.00 bits per heavy atom. The molecule has 0 radical (unpaired) electrons. The zero-order chi connectivity index (χ0) is 18.2. The SMILES string of the molecule is Clc1nc2ccccc2cc1CSc1nnc(-c2cccnc2)n1C1CC1. The largest absolute Gasteiger partial charge is 0.299 e. The first-order chi connectivity index (χ1) is 13.3. The van der Waals surface area contributed by atoms with Gasteiger partial charge < -0.3 is 0 Å². The Labute approximate surface area is 165 Å². The van der Waals surface area contributed by atoms with Crippen molar-refractivity contribution >= 4 is 34.3 Å². The van der Waals surface area contributed by atoms with Gasteiger partial charge in [0.25, 0.3) is 0 Å². The van der Waals surface area contributed by atoms with Gasteiger partial charge in [0.15, 0.2) is 11.0 Å². The van der Waals surface area contributed by atoms with E-state index in [-0.39, 0.29) is 0 Å². The van der Waals surface area contributed by atoms with Gasteiger partial charge in [-0.15, -0.1) is 10.2 Å². The van der Waals surface area contributed by atoms with Crippen LogP contribution in [-0.2, 0) is 5.75 Å². The number of pyridine rings is 2. The average Bonchev–Trinajstić information content (AvgIpc) is 3.46. The summed E-state index contributed by atoms with van der Waals surface area (Å²) < 4.78 is 2.24. The maximum absolute atomic E-state index is 6.41. The van der Waals surface area contributed by atoms with Gasteiger partial charge in [-0.1, -0.05) is 41.6 Å². The number of nitrogens with zero attached hydrogens (tertiary/aromatic N) is 5. The van der Waals surface area contributed by atoms with Crippen LogP contribution in [0, 0.1) is 0 Å². The first kappa shape index (κ1) is 16.7. The van der Waals surface area contributed by atoms with Crippen molar-refractivity contribution in [1.82, 2.24) is 24.7 Å². The molecule has 0 N–H and O–H groups in total. The molecule has 0 atom stereocenters. The van der Waals surface area contributed by atoms with Crippen LogP contribution in [-0.4, -0.2) is 24.7 Å². The standard InChI is InChI=1S/C20H16ClN5S/c21-18-15(10-13-4-1-2-6-17(13)23-18)12-27-20-25-24-19(26(20)16-7-8-16)14-5-3-9-22-11-14/h1-6,9-11,16H,7-8,12H2. The maximum Gasteiger partial charge on any atom is 0.192 e. The lowest BCUT2D eigenvalue weighted by atomic mass is 10.2. The quantitative estimate of drug-likeness (QED) is 0.346. The van der Waals surface area contributed by atoms with Crippen molar-refractivity contribution in [3.8, 4) is 11.4 Å². The molecular weight excluding hydrogens is 378 g/mol. The molecule has 5 nitrogen and oxygen atoms in total. The molecule has 0 unspecified atom stereocenters. The Morgan fingerprint density at radius 1 is 1.11 bits per heavy atom. The molecule has 0 saturated heterocycles. The molecule has 4 aromatic rings. The summed E-state index contributed by atoms with van der Waals surface area (Å²) in [5.41, 5.74) is 2.92. The molecule has 0 spiro atoms. The van der Waals surface area contributed by atoms with Gasteiger partial charge in [0, 0.05) is 40.7 Å². The van der Waals surface area contributed by atoms with Crippen molar-refractivity contribution in [3.05, 3.63) is 65.6 Å². The van der Waals surface area contributed by atoms with Crippen LogP contribution in [0.2, 0.25) is 5.15 Å².